The third-order valence-corrected chi connectivity index (χ3v) is 6.69. The number of ether oxygens (including phenoxy) is 5. The third kappa shape index (κ3) is 9.57. The summed E-state index contributed by atoms with van der Waals surface area (Å²) < 4.78 is 42.0. The summed E-state index contributed by atoms with van der Waals surface area (Å²) in [5, 5.41) is 0. The first-order chi connectivity index (χ1) is 19.2. The molecule has 0 saturated carbocycles. The second-order valence-electron chi connectivity index (χ2n) is 10.7. The summed E-state index contributed by atoms with van der Waals surface area (Å²) in [5.41, 5.74) is 2.07. The van der Waals surface area contributed by atoms with Crippen LogP contribution in [0.25, 0.3) is 11.1 Å². The smallest absolute Gasteiger partial charge is 0.492 e. The zero-order chi connectivity index (χ0) is 29.0. The first kappa shape index (κ1) is 31.0. The van der Waals surface area contributed by atoms with Gasteiger partial charge in [-0.2, -0.15) is 0 Å². The minimum Gasteiger partial charge on any atom is -0.492 e. The standard InChI is InChI=1S/C32H41FO7/c1-5-6-7-8-9-10-16-36-29-14-12-25(19-27(29)33)24-11-13-28(26(18-24)15-17-37-30(34)23(2)3)38-20-32(4)21-39-31(35)40-22-32/h11-14,18-19H,2,5-10,15-17,20-22H2,1,3-4H3. The minimum atomic E-state index is -0.687. The average molecular weight is 557 g/mol. The summed E-state index contributed by atoms with van der Waals surface area (Å²) in [6, 6.07) is 10.5. The van der Waals surface area contributed by atoms with Gasteiger partial charge in [0.2, 0.25) is 0 Å². The number of benzene rings is 2. The van der Waals surface area contributed by atoms with Gasteiger partial charge in [0.05, 0.1) is 18.6 Å². The number of esters is 1. The van der Waals surface area contributed by atoms with Crippen molar-refractivity contribution in [2.45, 2.75) is 65.7 Å². The van der Waals surface area contributed by atoms with E-state index in [0.717, 1.165) is 24.0 Å². The van der Waals surface area contributed by atoms with Crippen molar-refractivity contribution >= 4 is 12.1 Å². The molecule has 3 rings (SSSR count). The predicted molar refractivity (Wildman–Crippen MR) is 151 cm³/mol. The normalized spacial score (nSPS) is 14.2. The second-order valence-corrected chi connectivity index (χ2v) is 10.7. The highest BCUT2D eigenvalue weighted by atomic mass is 19.1. The molecule has 1 saturated heterocycles. The molecule has 1 fully saturated rings. The van der Waals surface area contributed by atoms with Crippen molar-refractivity contribution in [3.8, 4) is 22.6 Å². The van der Waals surface area contributed by atoms with E-state index in [4.69, 9.17) is 23.7 Å². The molecule has 0 spiro atoms. The predicted octanol–water partition coefficient (Wildman–Crippen LogP) is 7.45. The van der Waals surface area contributed by atoms with Crippen molar-refractivity contribution in [1.29, 1.82) is 0 Å². The van der Waals surface area contributed by atoms with Crippen LogP contribution in [0.15, 0.2) is 48.6 Å². The quantitative estimate of drug-likeness (QED) is 0.121. The molecule has 0 amide bonds. The van der Waals surface area contributed by atoms with Gasteiger partial charge < -0.3 is 23.7 Å². The fourth-order valence-electron chi connectivity index (χ4n) is 4.22. The monoisotopic (exact) mass is 556 g/mol. The number of unbranched alkanes of at least 4 members (excludes halogenated alkanes) is 5. The highest BCUT2D eigenvalue weighted by molar-refractivity contribution is 5.86. The topological polar surface area (TPSA) is 80.3 Å². The Bertz CT molecular complexity index is 1150. The molecule has 0 atom stereocenters. The zero-order valence-corrected chi connectivity index (χ0v) is 23.9. The van der Waals surface area contributed by atoms with E-state index in [0.29, 0.717) is 29.9 Å². The number of halogens is 1. The largest absolute Gasteiger partial charge is 0.508 e. The molecule has 218 valence electrons. The Morgan fingerprint density at radius 2 is 1.60 bits per heavy atom. The van der Waals surface area contributed by atoms with Gasteiger partial charge in [-0.1, -0.05) is 57.7 Å². The summed E-state index contributed by atoms with van der Waals surface area (Å²) in [4.78, 5) is 23.1. The molecule has 0 N–H and O–H groups in total. The molecule has 0 aliphatic carbocycles. The molecule has 8 heteroatoms. The number of carbonyl (C=O) groups is 2. The Morgan fingerprint density at radius 1 is 0.950 bits per heavy atom. The summed E-state index contributed by atoms with van der Waals surface area (Å²) >= 11 is 0. The van der Waals surface area contributed by atoms with Crippen molar-refractivity contribution in [3.05, 3.63) is 59.9 Å². The lowest BCUT2D eigenvalue weighted by atomic mass is 9.93. The van der Waals surface area contributed by atoms with E-state index in [2.05, 4.69) is 13.5 Å². The lowest BCUT2D eigenvalue weighted by molar-refractivity contribution is -0.138. The Hall–Kier alpha value is -3.55. The molecule has 7 nitrogen and oxygen atoms in total. The van der Waals surface area contributed by atoms with Gasteiger partial charge in [0.15, 0.2) is 11.6 Å². The average Bonchev–Trinajstić information content (AvgIpc) is 2.94. The van der Waals surface area contributed by atoms with Gasteiger partial charge in [-0.05, 0) is 61.2 Å². The SMILES string of the molecule is C=C(C)C(=O)OCCc1cc(-c2ccc(OCCCCCCCC)c(F)c2)ccc1OCC1(C)COC(=O)OC1. The fourth-order valence-corrected chi connectivity index (χ4v) is 4.22. The Balaban J connectivity index is 1.69. The van der Waals surface area contributed by atoms with E-state index in [9.17, 15) is 14.0 Å². The van der Waals surface area contributed by atoms with E-state index in [1.54, 1.807) is 13.0 Å². The van der Waals surface area contributed by atoms with E-state index >= 15 is 0 Å². The molecule has 0 unspecified atom stereocenters. The van der Waals surface area contributed by atoms with Gasteiger partial charge in [0.25, 0.3) is 0 Å². The van der Waals surface area contributed by atoms with Crippen LogP contribution in [-0.2, 0) is 25.4 Å². The fraction of sp³-hybridized carbons (Fsp3) is 0.500. The molecular weight excluding hydrogens is 515 g/mol. The highest BCUT2D eigenvalue weighted by Crippen LogP contribution is 2.32. The lowest BCUT2D eigenvalue weighted by Crippen LogP contribution is -2.41. The Labute approximate surface area is 236 Å². The highest BCUT2D eigenvalue weighted by Gasteiger charge is 2.34. The first-order valence-corrected chi connectivity index (χ1v) is 14.0. The van der Waals surface area contributed by atoms with Crippen LogP contribution in [0, 0.1) is 11.2 Å². The van der Waals surface area contributed by atoms with E-state index in [-0.39, 0.29) is 32.2 Å². The van der Waals surface area contributed by atoms with Crippen LogP contribution in [0.2, 0.25) is 0 Å². The van der Waals surface area contributed by atoms with Crippen LogP contribution >= 0.6 is 0 Å². The number of rotatable bonds is 16. The van der Waals surface area contributed by atoms with Crippen molar-refractivity contribution in [2.75, 3.05) is 33.0 Å². The lowest BCUT2D eigenvalue weighted by Gasteiger charge is -2.32. The van der Waals surface area contributed by atoms with Gasteiger partial charge >= 0.3 is 12.1 Å². The molecule has 40 heavy (non-hydrogen) atoms. The first-order valence-electron chi connectivity index (χ1n) is 14.0. The maximum absolute atomic E-state index is 14.9. The molecular formula is C32H41FO7. The summed E-state index contributed by atoms with van der Waals surface area (Å²) in [5.74, 6) is -0.0492. The maximum atomic E-state index is 14.9. The number of hydrogen-bond acceptors (Lipinski definition) is 7. The van der Waals surface area contributed by atoms with Crippen LogP contribution in [-0.4, -0.2) is 45.2 Å². The zero-order valence-electron chi connectivity index (χ0n) is 23.9. The van der Waals surface area contributed by atoms with Crippen LogP contribution in [0.5, 0.6) is 11.5 Å². The number of cyclic esters (lactones) is 2. The van der Waals surface area contributed by atoms with Gasteiger partial charge in [-0.15, -0.1) is 0 Å². The minimum absolute atomic E-state index is 0.128. The molecule has 0 radical (unpaired) electrons. The van der Waals surface area contributed by atoms with E-state index < -0.39 is 23.4 Å². The molecule has 2 aromatic carbocycles. The van der Waals surface area contributed by atoms with Crippen molar-refractivity contribution in [2.24, 2.45) is 5.41 Å². The van der Waals surface area contributed by atoms with Gasteiger partial charge in [-0.25, -0.2) is 14.0 Å². The van der Waals surface area contributed by atoms with E-state index in [1.807, 2.05) is 31.2 Å². The summed E-state index contributed by atoms with van der Waals surface area (Å²) in [6.45, 7) is 10.5. The van der Waals surface area contributed by atoms with Crippen molar-refractivity contribution < 1.29 is 37.7 Å². The molecule has 0 bridgehead atoms. The molecule has 1 aliphatic heterocycles. The van der Waals surface area contributed by atoms with Crippen LogP contribution in [0.1, 0.15) is 64.9 Å². The molecule has 2 aromatic rings. The van der Waals surface area contributed by atoms with Crippen LogP contribution in [0.4, 0.5) is 9.18 Å². The second kappa shape index (κ2) is 15.3. The van der Waals surface area contributed by atoms with Crippen LogP contribution < -0.4 is 9.47 Å². The Morgan fingerprint density at radius 3 is 2.27 bits per heavy atom. The molecule has 1 heterocycles. The Kier molecular flexibility index (Phi) is 11.8. The summed E-state index contributed by atoms with van der Waals surface area (Å²) in [7, 11) is 0. The van der Waals surface area contributed by atoms with Gasteiger partial charge in [0, 0.05) is 12.0 Å². The number of carbonyl (C=O) groups excluding carboxylic acids is 2. The summed E-state index contributed by atoms with van der Waals surface area (Å²) in [6.07, 6.45) is 6.53. The molecule has 0 aromatic heterocycles. The molecule has 1 aliphatic rings. The van der Waals surface area contributed by atoms with Gasteiger partial charge in [-0.3, -0.25) is 0 Å². The maximum Gasteiger partial charge on any atom is 0.508 e. The van der Waals surface area contributed by atoms with Crippen molar-refractivity contribution in [3.63, 3.8) is 0 Å². The van der Waals surface area contributed by atoms with Gasteiger partial charge in [0.1, 0.15) is 25.6 Å². The van der Waals surface area contributed by atoms with Crippen LogP contribution in [0.3, 0.4) is 0 Å². The number of hydrogen-bond donors (Lipinski definition) is 0. The third-order valence-electron chi connectivity index (χ3n) is 6.69. The van der Waals surface area contributed by atoms with E-state index in [1.165, 1.54) is 31.7 Å². The van der Waals surface area contributed by atoms with Crippen molar-refractivity contribution in [1.82, 2.24) is 0 Å².